The molecular formula is C21H25N3O4. The molecule has 1 amide bonds. The monoisotopic (exact) mass is 383 g/mol. The van der Waals surface area contributed by atoms with Crippen molar-refractivity contribution in [3.05, 3.63) is 41.2 Å². The Balaban J connectivity index is 1.86. The Morgan fingerprint density at radius 1 is 1.25 bits per heavy atom. The third-order valence-electron chi connectivity index (χ3n) is 5.21. The summed E-state index contributed by atoms with van der Waals surface area (Å²) in [6.07, 6.45) is 3.22. The zero-order valence-electron chi connectivity index (χ0n) is 16.6. The average Bonchev–Trinajstić information content (AvgIpc) is 2.72. The highest BCUT2D eigenvalue weighted by Crippen LogP contribution is 2.36. The normalized spacial score (nSPS) is 16.9. The van der Waals surface area contributed by atoms with Gasteiger partial charge in [0.05, 0.1) is 25.5 Å². The molecule has 1 heterocycles. The number of carbonyl (C=O) groups is 2. The summed E-state index contributed by atoms with van der Waals surface area (Å²) < 4.78 is 10.7. The molecule has 0 aliphatic heterocycles. The molecule has 7 heteroatoms. The smallest absolute Gasteiger partial charge is 0.229 e. The molecule has 148 valence electrons. The SMILES string of the molecule is CC[C@@H](C)C(=O)Nc1ncc2c(n1)C[C@@H](c1ccc(OC)c(OC)c1)CC2=O. The number of Topliss-reactive ketones (excluding diaryl/α,β-unsaturated/α-hetero) is 1. The van der Waals surface area contributed by atoms with Crippen LogP contribution in [0.15, 0.2) is 24.4 Å². The number of ketones is 1. The van der Waals surface area contributed by atoms with Crippen molar-refractivity contribution in [3.63, 3.8) is 0 Å². The maximum atomic E-state index is 12.6. The Bertz CT molecular complexity index is 897. The molecule has 2 atom stereocenters. The third-order valence-corrected chi connectivity index (χ3v) is 5.21. The molecule has 1 aliphatic rings. The molecule has 0 spiro atoms. The summed E-state index contributed by atoms with van der Waals surface area (Å²) in [5, 5.41) is 2.74. The predicted molar refractivity (Wildman–Crippen MR) is 105 cm³/mol. The molecule has 0 bridgehead atoms. The van der Waals surface area contributed by atoms with E-state index in [1.54, 1.807) is 14.2 Å². The van der Waals surface area contributed by atoms with Gasteiger partial charge in [0.25, 0.3) is 0 Å². The van der Waals surface area contributed by atoms with Gasteiger partial charge in [0.1, 0.15) is 0 Å². The van der Waals surface area contributed by atoms with E-state index < -0.39 is 0 Å². The van der Waals surface area contributed by atoms with Crippen LogP contribution in [0.25, 0.3) is 0 Å². The van der Waals surface area contributed by atoms with E-state index >= 15 is 0 Å². The molecule has 0 radical (unpaired) electrons. The second-order valence-corrected chi connectivity index (χ2v) is 7.00. The first-order chi connectivity index (χ1) is 13.5. The number of methoxy groups -OCH3 is 2. The lowest BCUT2D eigenvalue weighted by Crippen LogP contribution is -2.24. The van der Waals surface area contributed by atoms with Crippen LogP contribution in [0.4, 0.5) is 5.95 Å². The molecule has 1 aromatic carbocycles. The molecule has 1 N–H and O–H groups in total. The number of anilines is 1. The number of rotatable bonds is 6. The van der Waals surface area contributed by atoms with E-state index in [0.717, 1.165) is 12.0 Å². The van der Waals surface area contributed by atoms with Gasteiger partial charge >= 0.3 is 0 Å². The zero-order valence-corrected chi connectivity index (χ0v) is 16.6. The van der Waals surface area contributed by atoms with Crippen LogP contribution in [0.1, 0.15) is 54.2 Å². The standard InChI is InChI=1S/C21H25N3O4/c1-5-12(2)20(26)24-21-22-11-15-16(23-21)8-14(9-17(15)25)13-6-7-18(27-3)19(10-13)28-4/h6-7,10-12,14H,5,8-9H2,1-4H3,(H,22,23,24,26)/t12-,14-/m1/s1. The minimum absolute atomic E-state index is 0.000776. The van der Waals surface area contributed by atoms with Gasteiger partial charge in [-0.1, -0.05) is 19.9 Å². The summed E-state index contributed by atoms with van der Waals surface area (Å²) in [6, 6.07) is 5.68. The van der Waals surface area contributed by atoms with Gasteiger partial charge in [-0.3, -0.25) is 14.9 Å². The van der Waals surface area contributed by atoms with Gasteiger partial charge in [0, 0.05) is 18.5 Å². The number of fused-ring (bicyclic) bond motifs is 1. The Kier molecular flexibility index (Phi) is 5.92. The number of hydrogen-bond donors (Lipinski definition) is 1. The lowest BCUT2D eigenvalue weighted by molar-refractivity contribution is -0.119. The van der Waals surface area contributed by atoms with E-state index in [4.69, 9.17) is 9.47 Å². The Labute approximate surface area is 164 Å². The highest BCUT2D eigenvalue weighted by Gasteiger charge is 2.29. The number of ether oxygens (including phenoxy) is 2. The fraction of sp³-hybridized carbons (Fsp3) is 0.429. The van der Waals surface area contributed by atoms with Crippen LogP contribution in [0.3, 0.4) is 0 Å². The molecule has 7 nitrogen and oxygen atoms in total. The van der Waals surface area contributed by atoms with E-state index in [1.165, 1.54) is 6.20 Å². The molecule has 0 saturated heterocycles. The number of nitrogens with one attached hydrogen (secondary N) is 1. The minimum atomic E-state index is -0.124. The molecule has 0 saturated carbocycles. The first-order valence-electron chi connectivity index (χ1n) is 9.38. The number of carbonyl (C=O) groups excluding carboxylic acids is 2. The predicted octanol–water partition coefficient (Wildman–Crippen LogP) is 3.39. The summed E-state index contributed by atoms with van der Waals surface area (Å²) in [5.41, 5.74) is 2.17. The van der Waals surface area contributed by atoms with Crippen molar-refractivity contribution in [1.82, 2.24) is 9.97 Å². The van der Waals surface area contributed by atoms with Gasteiger partial charge in [-0.15, -0.1) is 0 Å². The average molecular weight is 383 g/mol. The van der Waals surface area contributed by atoms with E-state index in [2.05, 4.69) is 15.3 Å². The number of amides is 1. The van der Waals surface area contributed by atoms with Crippen LogP contribution in [0.5, 0.6) is 11.5 Å². The van der Waals surface area contributed by atoms with Gasteiger partial charge in [0.15, 0.2) is 17.3 Å². The summed E-state index contributed by atoms with van der Waals surface area (Å²) in [7, 11) is 3.17. The molecule has 2 aromatic rings. The third kappa shape index (κ3) is 3.98. The van der Waals surface area contributed by atoms with E-state index in [9.17, 15) is 9.59 Å². The molecule has 3 rings (SSSR count). The van der Waals surface area contributed by atoms with Crippen molar-refractivity contribution in [3.8, 4) is 11.5 Å². The lowest BCUT2D eigenvalue weighted by Gasteiger charge is -2.24. The second kappa shape index (κ2) is 8.37. The van der Waals surface area contributed by atoms with Crippen LogP contribution >= 0.6 is 0 Å². The molecule has 28 heavy (non-hydrogen) atoms. The van der Waals surface area contributed by atoms with Gasteiger partial charge in [-0.2, -0.15) is 0 Å². The van der Waals surface area contributed by atoms with Gasteiger partial charge in [0.2, 0.25) is 11.9 Å². The molecule has 1 aromatic heterocycles. The van der Waals surface area contributed by atoms with E-state index in [1.807, 2.05) is 32.0 Å². The van der Waals surface area contributed by atoms with Crippen molar-refractivity contribution in [2.75, 3.05) is 19.5 Å². The van der Waals surface area contributed by atoms with Gasteiger partial charge < -0.3 is 9.47 Å². The highest BCUT2D eigenvalue weighted by atomic mass is 16.5. The Morgan fingerprint density at radius 2 is 2.00 bits per heavy atom. The first kappa shape index (κ1) is 19.8. The maximum absolute atomic E-state index is 12.6. The topological polar surface area (TPSA) is 90.4 Å². The molecule has 1 aliphatic carbocycles. The van der Waals surface area contributed by atoms with Crippen LogP contribution in [-0.2, 0) is 11.2 Å². The number of benzene rings is 1. The summed E-state index contributed by atoms with van der Waals surface area (Å²) in [6.45, 7) is 3.80. The van der Waals surface area contributed by atoms with Crippen LogP contribution < -0.4 is 14.8 Å². The zero-order chi connectivity index (χ0) is 20.3. The number of aromatic nitrogens is 2. The highest BCUT2D eigenvalue weighted by molar-refractivity contribution is 5.99. The maximum Gasteiger partial charge on any atom is 0.229 e. The van der Waals surface area contributed by atoms with Crippen molar-refractivity contribution in [2.24, 2.45) is 5.92 Å². The Hall–Kier alpha value is -2.96. The fourth-order valence-electron chi connectivity index (χ4n) is 3.27. The van der Waals surface area contributed by atoms with Crippen LogP contribution in [0.2, 0.25) is 0 Å². The second-order valence-electron chi connectivity index (χ2n) is 7.00. The van der Waals surface area contributed by atoms with Gasteiger partial charge in [-0.25, -0.2) is 9.97 Å². The first-order valence-corrected chi connectivity index (χ1v) is 9.38. The molecular weight excluding hydrogens is 358 g/mol. The Morgan fingerprint density at radius 3 is 2.68 bits per heavy atom. The van der Waals surface area contributed by atoms with E-state index in [0.29, 0.717) is 35.6 Å². The minimum Gasteiger partial charge on any atom is -0.493 e. The summed E-state index contributed by atoms with van der Waals surface area (Å²) >= 11 is 0. The number of nitrogens with zero attached hydrogens (tertiary/aromatic N) is 2. The van der Waals surface area contributed by atoms with Crippen molar-refractivity contribution in [2.45, 2.75) is 39.0 Å². The lowest BCUT2D eigenvalue weighted by atomic mass is 9.82. The molecule has 0 fully saturated rings. The number of hydrogen-bond acceptors (Lipinski definition) is 6. The van der Waals surface area contributed by atoms with Gasteiger partial charge in [-0.05, 0) is 36.5 Å². The summed E-state index contributed by atoms with van der Waals surface area (Å²) in [5.74, 6) is 1.24. The fourth-order valence-corrected chi connectivity index (χ4v) is 3.27. The van der Waals surface area contributed by atoms with Crippen molar-refractivity contribution < 1.29 is 19.1 Å². The van der Waals surface area contributed by atoms with E-state index in [-0.39, 0.29) is 29.5 Å². The van der Waals surface area contributed by atoms with Crippen LogP contribution in [-0.4, -0.2) is 35.9 Å². The summed E-state index contributed by atoms with van der Waals surface area (Å²) in [4.78, 5) is 33.3. The largest absolute Gasteiger partial charge is 0.493 e. The quantitative estimate of drug-likeness (QED) is 0.822. The molecule has 0 unspecified atom stereocenters. The van der Waals surface area contributed by atoms with Crippen molar-refractivity contribution >= 4 is 17.6 Å². The van der Waals surface area contributed by atoms with Crippen LogP contribution in [0, 0.1) is 5.92 Å². The van der Waals surface area contributed by atoms with Crippen molar-refractivity contribution in [1.29, 1.82) is 0 Å².